The highest BCUT2D eigenvalue weighted by Crippen LogP contribution is 2.64. The number of rotatable bonds is 2. The molecule has 3 unspecified atom stereocenters. The van der Waals surface area contributed by atoms with Crippen molar-refractivity contribution in [2.45, 2.75) is 56.0 Å². The van der Waals surface area contributed by atoms with E-state index in [0.29, 0.717) is 0 Å². The molecule has 3 atom stereocenters. The van der Waals surface area contributed by atoms with E-state index in [-0.39, 0.29) is 6.92 Å². The Balaban J connectivity index is 3.48. The van der Waals surface area contributed by atoms with Crippen LogP contribution >= 0.6 is 0 Å². The van der Waals surface area contributed by atoms with Crippen LogP contribution in [0.4, 0.5) is 35.1 Å². The summed E-state index contributed by atoms with van der Waals surface area (Å²) in [4.78, 5) is 0. The predicted octanol–water partition coefficient (Wildman–Crippen LogP) is 3.71. The van der Waals surface area contributed by atoms with Gasteiger partial charge in [0, 0.05) is 6.42 Å². The van der Waals surface area contributed by atoms with Gasteiger partial charge in [-0.05, 0) is 13.3 Å². The summed E-state index contributed by atoms with van der Waals surface area (Å²) in [6.45, 7) is 0.786. The lowest BCUT2D eigenvalue weighted by atomic mass is 9.84. The van der Waals surface area contributed by atoms with Crippen LogP contribution in [0.1, 0.15) is 26.7 Å². The minimum atomic E-state index is -5.91. The standard InChI is InChI=1S/C10H12F8O/c1-3-7(13)4-8(19,10(16,17)18)9(14,15)5(7)6(2,11)12/h5,19H,3-4H2,1-2H3. The first-order valence-electron chi connectivity index (χ1n) is 5.37. The fraction of sp³-hybridized carbons (Fsp3) is 1.00. The van der Waals surface area contributed by atoms with Gasteiger partial charge in [-0.1, -0.05) is 6.92 Å². The molecule has 0 radical (unpaired) electrons. The van der Waals surface area contributed by atoms with Gasteiger partial charge in [0.2, 0.25) is 5.60 Å². The molecular weight excluding hydrogens is 288 g/mol. The summed E-state index contributed by atoms with van der Waals surface area (Å²) < 4.78 is 105. The summed E-state index contributed by atoms with van der Waals surface area (Å²) in [6.07, 6.45) is -9.01. The van der Waals surface area contributed by atoms with Crippen molar-refractivity contribution in [2.75, 3.05) is 0 Å². The second kappa shape index (κ2) is 3.95. The number of alkyl halides is 8. The third-order valence-electron chi connectivity index (χ3n) is 3.54. The van der Waals surface area contributed by atoms with Crippen LogP contribution < -0.4 is 0 Å². The van der Waals surface area contributed by atoms with Crippen molar-refractivity contribution < 1.29 is 40.2 Å². The highest BCUT2D eigenvalue weighted by Gasteiger charge is 2.84. The molecule has 19 heavy (non-hydrogen) atoms. The largest absolute Gasteiger partial charge is 0.423 e. The van der Waals surface area contributed by atoms with Gasteiger partial charge < -0.3 is 5.11 Å². The van der Waals surface area contributed by atoms with Gasteiger partial charge in [0.25, 0.3) is 11.8 Å². The fourth-order valence-corrected chi connectivity index (χ4v) is 2.60. The summed E-state index contributed by atoms with van der Waals surface area (Å²) >= 11 is 0. The Morgan fingerprint density at radius 1 is 1.11 bits per heavy atom. The summed E-state index contributed by atoms with van der Waals surface area (Å²) in [5.41, 5.74) is -8.30. The lowest BCUT2D eigenvalue weighted by Crippen LogP contribution is -2.59. The zero-order chi connectivity index (χ0) is 15.5. The molecule has 0 saturated heterocycles. The predicted molar refractivity (Wildman–Crippen MR) is 48.8 cm³/mol. The minimum Gasteiger partial charge on any atom is -0.376 e. The Morgan fingerprint density at radius 2 is 1.53 bits per heavy atom. The molecule has 9 heteroatoms. The van der Waals surface area contributed by atoms with E-state index in [2.05, 4.69) is 0 Å². The normalized spacial score (nSPS) is 39.6. The van der Waals surface area contributed by atoms with Crippen LogP contribution in [0.15, 0.2) is 0 Å². The SMILES string of the molecule is CCC1(F)CC(O)(C(F)(F)F)C(F)(F)C1C(C)(F)F. The molecule has 0 heterocycles. The molecule has 1 N–H and O–H groups in total. The highest BCUT2D eigenvalue weighted by atomic mass is 19.4. The second-order valence-electron chi connectivity index (χ2n) is 4.94. The van der Waals surface area contributed by atoms with Crippen molar-refractivity contribution >= 4 is 0 Å². The van der Waals surface area contributed by atoms with Crippen molar-refractivity contribution in [3.63, 3.8) is 0 Å². The topological polar surface area (TPSA) is 20.2 Å². The lowest BCUT2D eigenvalue weighted by molar-refractivity contribution is -0.335. The molecule has 1 fully saturated rings. The average molecular weight is 300 g/mol. The van der Waals surface area contributed by atoms with Crippen LogP contribution in [0.25, 0.3) is 0 Å². The third kappa shape index (κ3) is 2.09. The third-order valence-corrected chi connectivity index (χ3v) is 3.54. The van der Waals surface area contributed by atoms with Gasteiger partial charge in [-0.25, -0.2) is 22.0 Å². The second-order valence-corrected chi connectivity index (χ2v) is 4.94. The Labute approximate surface area is 103 Å². The van der Waals surface area contributed by atoms with Crippen LogP contribution in [-0.4, -0.2) is 34.4 Å². The van der Waals surface area contributed by atoms with Gasteiger partial charge in [-0.2, -0.15) is 13.2 Å². The number of hydrogen-bond donors (Lipinski definition) is 1. The van der Waals surface area contributed by atoms with E-state index in [9.17, 15) is 35.1 Å². The van der Waals surface area contributed by atoms with E-state index in [1.54, 1.807) is 0 Å². The molecule has 1 aliphatic carbocycles. The molecule has 1 rings (SSSR count). The summed E-state index contributed by atoms with van der Waals surface area (Å²) in [5, 5.41) is 9.11. The maximum Gasteiger partial charge on any atom is 0.423 e. The van der Waals surface area contributed by atoms with Crippen molar-refractivity contribution in [3.8, 4) is 0 Å². The molecule has 0 aliphatic heterocycles. The van der Waals surface area contributed by atoms with E-state index < -0.39 is 48.1 Å². The highest BCUT2D eigenvalue weighted by molar-refractivity contribution is 5.19. The van der Waals surface area contributed by atoms with Crippen LogP contribution in [-0.2, 0) is 0 Å². The number of halogens is 8. The monoisotopic (exact) mass is 300 g/mol. The quantitative estimate of drug-likeness (QED) is 0.771. The first kappa shape index (κ1) is 16.5. The summed E-state index contributed by atoms with van der Waals surface area (Å²) in [5.74, 6) is -13.3. The smallest absolute Gasteiger partial charge is 0.376 e. The molecule has 114 valence electrons. The molecule has 0 spiro atoms. The van der Waals surface area contributed by atoms with Gasteiger partial charge in [0.1, 0.15) is 11.6 Å². The molecule has 0 bridgehead atoms. The molecule has 1 nitrogen and oxygen atoms in total. The maximum atomic E-state index is 14.1. The van der Waals surface area contributed by atoms with Gasteiger partial charge in [0.05, 0.1) is 0 Å². The molecule has 0 aromatic heterocycles. The lowest BCUT2D eigenvalue weighted by Gasteiger charge is -2.35. The Hall–Kier alpha value is -0.600. The van der Waals surface area contributed by atoms with Gasteiger partial charge in [-0.3, -0.25) is 0 Å². The van der Waals surface area contributed by atoms with Crippen molar-refractivity contribution in [1.82, 2.24) is 0 Å². The molecule has 1 saturated carbocycles. The van der Waals surface area contributed by atoms with E-state index in [1.165, 1.54) is 0 Å². The Bertz CT molecular complexity index is 360. The molecular formula is C10H12F8O. The zero-order valence-corrected chi connectivity index (χ0v) is 9.96. The summed E-state index contributed by atoms with van der Waals surface area (Å²) in [6, 6.07) is 0. The van der Waals surface area contributed by atoms with Crippen LogP contribution in [0.2, 0.25) is 0 Å². The molecule has 1 aliphatic rings. The van der Waals surface area contributed by atoms with Crippen molar-refractivity contribution in [3.05, 3.63) is 0 Å². The van der Waals surface area contributed by atoms with Crippen molar-refractivity contribution in [1.29, 1.82) is 0 Å². The van der Waals surface area contributed by atoms with Crippen molar-refractivity contribution in [2.24, 2.45) is 5.92 Å². The summed E-state index contributed by atoms with van der Waals surface area (Å²) in [7, 11) is 0. The van der Waals surface area contributed by atoms with Gasteiger partial charge in [-0.15, -0.1) is 0 Å². The Morgan fingerprint density at radius 3 is 1.74 bits per heavy atom. The van der Waals surface area contributed by atoms with Gasteiger partial charge in [0.15, 0.2) is 0 Å². The molecule has 0 amide bonds. The fourth-order valence-electron chi connectivity index (χ4n) is 2.60. The molecule has 0 aromatic carbocycles. The van der Waals surface area contributed by atoms with Crippen LogP contribution in [0, 0.1) is 5.92 Å². The first-order valence-corrected chi connectivity index (χ1v) is 5.37. The average Bonchev–Trinajstić information content (AvgIpc) is 2.29. The molecule has 0 aromatic rings. The first-order chi connectivity index (χ1) is 8.13. The van der Waals surface area contributed by atoms with E-state index in [1.807, 2.05) is 0 Å². The Kier molecular flexibility index (Phi) is 3.42. The zero-order valence-electron chi connectivity index (χ0n) is 9.96. The van der Waals surface area contributed by atoms with E-state index in [4.69, 9.17) is 5.11 Å². The number of aliphatic hydroxyl groups is 1. The van der Waals surface area contributed by atoms with Gasteiger partial charge >= 0.3 is 6.18 Å². The van der Waals surface area contributed by atoms with Crippen LogP contribution in [0.5, 0.6) is 0 Å². The minimum absolute atomic E-state index is 0.0856. The number of hydrogen-bond acceptors (Lipinski definition) is 1. The maximum absolute atomic E-state index is 14.1. The van der Waals surface area contributed by atoms with Crippen LogP contribution in [0.3, 0.4) is 0 Å². The van der Waals surface area contributed by atoms with E-state index >= 15 is 0 Å². The van der Waals surface area contributed by atoms with E-state index in [0.717, 1.165) is 6.92 Å².